The van der Waals surface area contributed by atoms with Gasteiger partial charge in [0.2, 0.25) is 4.73 Å². The van der Waals surface area contributed by atoms with Crippen LogP contribution in [0, 0.1) is 0 Å². The summed E-state index contributed by atoms with van der Waals surface area (Å²) in [5.41, 5.74) is 0. The highest BCUT2D eigenvalue weighted by Crippen LogP contribution is 2.30. The van der Waals surface area contributed by atoms with E-state index in [9.17, 15) is 0 Å². The monoisotopic (exact) mass is 493 g/mol. The molecule has 0 spiro atoms. The van der Waals surface area contributed by atoms with Crippen LogP contribution in [0.2, 0.25) is 10.0 Å². The molecular weight excluding hydrogens is 473 g/mol. The number of nitrogens with zero attached hydrogens (tertiary/aromatic N) is 3. The molecule has 1 aromatic carbocycles. The Morgan fingerprint density at radius 1 is 1.29 bits per heavy atom. The third-order valence-electron chi connectivity index (χ3n) is 4.15. The molecule has 2 heterocycles. The Balaban J connectivity index is 1.74. The van der Waals surface area contributed by atoms with E-state index in [1.54, 1.807) is 30.0 Å². The minimum atomic E-state index is -0.438. The number of benzene rings is 1. The summed E-state index contributed by atoms with van der Waals surface area (Å²) in [5, 5.41) is 5.28. The second kappa shape index (κ2) is 10.8. The minimum absolute atomic E-state index is 0.168. The maximum absolute atomic E-state index is 6.16. The van der Waals surface area contributed by atoms with Crippen LogP contribution in [0.3, 0.4) is 0 Å². The summed E-state index contributed by atoms with van der Waals surface area (Å²) in [6, 6.07) is 5.06. The van der Waals surface area contributed by atoms with Crippen LogP contribution in [-0.2, 0) is 20.9 Å². The quantitative estimate of drug-likeness (QED) is 0.488. The molecule has 0 bridgehead atoms. The van der Waals surface area contributed by atoms with Crippen molar-refractivity contribution in [3.63, 3.8) is 0 Å². The molecule has 0 saturated carbocycles. The van der Waals surface area contributed by atoms with E-state index in [-0.39, 0.29) is 13.0 Å². The fourth-order valence-corrected chi connectivity index (χ4v) is 3.81. The van der Waals surface area contributed by atoms with Crippen molar-refractivity contribution in [1.29, 1.82) is 0 Å². The molecule has 1 aliphatic rings. The number of hydrogen-bond donors (Lipinski definition) is 0. The van der Waals surface area contributed by atoms with Crippen molar-refractivity contribution < 1.29 is 18.9 Å². The highest BCUT2D eigenvalue weighted by molar-refractivity contribution is 9.10. The Bertz CT molecular complexity index is 751. The molecule has 2 atom stereocenters. The summed E-state index contributed by atoms with van der Waals surface area (Å²) >= 11 is 15.5. The Labute approximate surface area is 182 Å². The molecular formula is C18H22BrCl2N3O4. The van der Waals surface area contributed by atoms with E-state index in [0.717, 1.165) is 25.9 Å². The zero-order valence-corrected chi connectivity index (χ0v) is 18.5. The van der Waals surface area contributed by atoms with E-state index < -0.39 is 6.10 Å². The Hall–Kier alpha value is -0.900. The van der Waals surface area contributed by atoms with Gasteiger partial charge in [-0.25, -0.2) is 9.67 Å². The van der Waals surface area contributed by atoms with Crippen molar-refractivity contribution in [2.45, 2.75) is 44.8 Å². The molecule has 2 unspecified atom stereocenters. The van der Waals surface area contributed by atoms with Gasteiger partial charge in [-0.15, -0.1) is 5.10 Å². The summed E-state index contributed by atoms with van der Waals surface area (Å²) in [4.78, 5) is 4.45. The number of halogens is 3. The zero-order valence-electron chi connectivity index (χ0n) is 15.4. The third kappa shape index (κ3) is 6.30. The van der Waals surface area contributed by atoms with Crippen LogP contribution >= 0.6 is 39.1 Å². The van der Waals surface area contributed by atoms with Crippen molar-refractivity contribution >= 4 is 39.1 Å². The summed E-state index contributed by atoms with van der Waals surface area (Å²) in [5.74, 6) is 1.15. The van der Waals surface area contributed by atoms with Gasteiger partial charge in [0.1, 0.15) is 12.5 Å². The molecule has 1 saturated heterocycles. The summed E-state index contributed by atoms with van der Waals surface area (Å²) < 4.78 is 25.0. The summed E-state index contributed by atoms with van der Waals surface area (Å²) in [7, 11) is 1.59. The molecule has 154 valence electrons. The van der Waals surface area contributed by atoms with Crippen LogP contribution in [0.5, 0.6) is 5.75 Å². The van der Waals surface area contributed by atoms with E-state index in [4.69, 9.17) is 42.1 Å². The molecule has 1 aromatic heterocycles. The first-order valence-corrected chi connectivity index (χ1v) is 10.5. The molecule has 0 radical (unpaired) electrons. The van der Waals surface area contributed by atoms with Crippen LogP contribution < -0.4 is 4.74 Å². The lowest BCUT2D eigenvalue weighted by molar-refractivity contribution is -0.165. The number of hydrogen-bond acceptors (Lipinski definition) is 6. The molecule has 2 aromatic rings. The van der Waals surface area contributed by atoms with E-state index in [0.29, 0.717) is 39.4 Å². The van der Waals surface area contributed by atoms with E-state index in [2.05, 4.69) is 26.0 Å². The van der Waals surface area contributed by atoms with Gasteiger partial charge in [-0.05, 0) is 53.4 Å². The van der Waals surface area contributed by atoms with Gasteiger partial charge in [0, 0.05) is 30.2 Å². The normalized spacial score (nSPS) is 18.2. The van der Waals surface area contributed by atoms with Crippen molar-refractivity contribution in [3.05, 3.63) is 38.8 Å². The predicted molar refractivity (Wildman–Crippen MR) is 109 cm³/mol. The molecule has 0 amide bonds. The lowest BCUT2D eigenvalue weighted by atomic mass is 10.2. The molecule has 10 heteroatoms. The zero-order chi connectivity index (χ0) is 19.9. The predicted octanol–water partition coefficient (Wildman–Crippen LogP) is 5.00. The smallest absolute Gasteiger partial charge is 0.217 e. The summed E-state index contributed by atoms with van der Waals surface area (Å²) in [6.07, 6.45) is 3.03. The van der Waals surface area contributed by atoms with Crippen LogP contribution in [0.4, 0.5) is 0 Å². The van der Waals surface area contributed by atoms with Crippen molar-refractivity contribution in [1.82, 2.24) is 14.8 Å². The fraction of sp³-hybridized carbons (Fsp3) is 0.556. The molecule has 0 aliphatic carbocycles. The van der Waals surface area contributed by atoms with Gasteiger partial charge in [-0.1, -0.05) is 23.2 Å². The van der Waals surface area contributed by atoms with Crippen LogP contribution in [0.15, 0.2) is 22.9 Å². The molecule has 28 heavy (non-hydrogen) atoms. The van der Waals surface area contributed by atoms with Crippen molar-refractivity contribution in [3.8, 4) is 5.75 Å². The highest BCUT2D eigenvalue weighted by Gasteiger charge is 2.23. The minimum Gasteiger partial charge on any atom is -0.482 e. The standard InChI is InChI=1S/C18H22BrCl2N3O4/c1-25-11-24-17(22-18(19)23-24)15(5-7-27-16-4-2-3-6-26-16)28-14-9-12(20)8-13(21)10-14/h8-10,15-16H,2-7,11H2,1H3. The Morgan fingerprint density at radius 2 is 2.07 bits per heavy atom. The lowest BCUT2D eigenvalue weighted by Gasteiger charge is -2.24. The molecule has 3 rings (SSSR count). The lowest BCUT2D eigenvalue weighted by Crippen LogP contribution is -2.24. The molecule has 1 fully saturated rings. The summed E-state index contributed by atoms with van der Waals surface area (Å²) in [6.45, 7) is 1.43. The first kappa shape index (κ1) is 21.8. The van der Waals surface area contributed by atoms with Gasteiger partial charge < -0.3 is 18.9 Å². The molecule has 1 aliphatic heterocycles. The maximum Gasteiger partial charge on any atom is 0.217 e. The van der Waals surface area contributed by atoms with Gasteiger partial charge in [-0.3, -0.25) is 0 Å². The molecule has 0 N–H and O–H groups in total. The maximum atomic E-state index is 6.16. The fourth-order valence-electron chi connectivity index (χ4n) is 2.93. The van der Waals surface area contributed by atoms with E-state index >= 15 is 0 Å². The van der Waals surface area contributed by atoms with Gasteiger partial charge in [-0.2, -0.15) is 0 Å². The number of methoxy groups -OCH3 is 1. The second-order valence-electron chi connectivity index (χ2n) is 6.32. The average molecular weight is 495 g/mol. The first-order valence-electron chi connectivity index (χ1n) is 9.00. The third-order valence-corrected chi connectivity index (χ3v) is 4.92. The van der Waals surface area contributed by atoms with Gasteiger partial charge in [0.15, 0.2) is 18.2 Å². The Kier molecular flexibility index (Phi) is 8.37. The molecule has 7 nitrogen and oxygen atoms in total. The van der Waals surface area contributed by atoms with E-state index in [1.807, 2.05) is 0 Å². The van der Waals surface area contributed by atoms with Gasteiger partial charge in [0.25, 0.3) is 0 Å². The van der Waals surface area contributed by atoms with Crippen molar-refractivity contribution in [2.24, 2.45) is 0 Å². The van der Waals surface area contributed by atoms with E-state index in [1.165, 1.54) is 0 Å². The van der Waals surface area contributed by atoms with Crippen LogP contribution in [-0.4, -0.2) is 41.4 Å². The highest BCUT2D eigenvalue weighted by atomic mass is 79.9. The Morgan fingerprint density at radius 3 is 2.75 bits per heavy atom. The SMILES string of the molecule is COCn1nc(Br)nc1C(CCOC1CCCCO1)Oc1cc(Cl)cc(Cl)c1. The number of aromatic nitrogens is 3. The first-order chi connectivity index (χ1) is 13.5. The van der Waals surface area contributed by atoms with Crippen LogP contribution in [0.25, 0.3) is 0 Å². The van der Waals surface area contributed by atoms with Gasteiger partial charge >= 0.3 is 0 Å². The van der Waals surface area contributed by atoms with Crippen molar-refractivity contribution in [2.75, 3.05) is 20.3 Å². The largest absolute Gasteiger partial charge is 0.482 e. The second-order valence-corrected chi connectivity index (χ2v) is 7.91. The van der Waals surface area contributed by atoms with Gasteiger partial charge in [0.05, 0.1) is 6.61 Å². The average Bonchev–Trinajstić information content (AvgIpc) is 3.01. The topological polar surface area (TPSA) is 67.6 Å². The number of ether oxygens (including phenoxy) is 4. The number of rotatable bonds is 9. The van der Waals surface area contributed by atoms with Crippen LogP contribution in [0.1, 0.15) is 37.6 Å².